The minimum Gasteiger partial charge on any atom is -0.321 e. The summed E-state index contributed by atoms with van der Waals surface area (Å²) < 4.78 is 28.0. The second kappa shape index (κ2) is 9.31. The Morgan fingerprint density at radius 1 is 1.10 bits per heavy atom. The maximum Gasteiger partial charge on any atom is 0.255 e. The Balaban J connectivity index is 1.95. The number of hydrogen-bond donors (Lipinski definition) is 1. The van der Waals surface area contributed by atoms with Gasteiger partial charge in [0.25, 0.3) is 5.91 Å². The molecule has 1 heterocycles. The van der Waals surface area contributed by atoms with E-state index in [4.69, 9.17) is 0 Å². The lowest BCUT2D eigenvalue weighted by molar-refractivity contribution is 0.102. The van der Waals surface area contributed by atoms with Crippen LogP contribution in [0.25, 0.3) is 0 Å². The number of rotatable bonds is 6. The van der Waals surface area contributed by atoms with Crippen LogP contribution in [0.1, 0.15) is 67.1 Å². The van der Waals surface area contributed by atoms with Crippen molar-refractivity contribution in [2.24, 2.45) is 0 Å². The molecule has 2 aromatic carbocycles. The number of carbonyl (C=O) groups excluding carboxylic acids is 1. The summed E-state index contributed by atoms with van der Waals surface area (Å²) in [6, 6.07) is 10.9. The summed E-state index contributed by atoms with van der Waals surface area (Å²) in [6.07, 6.45) is 4.40. The van der Waals surface area contributed by atoms with E-state index in [0.29, 0.717) is 12.1 Å². The summed E-state index contributed by atoms with van der Waals surface area (Å²) in [7, 11) is -3.63. The molecule has 3 rings (SSSR count). The number of sulfonamides is 1. The van der Waals surface area contributed by atoms with Crippen LogP contribution in [0.2, 0.25) is 0 Å². The number of para-hydroxylation sites is 1. The Morgan fingerprint density at radius 2 is 1.77 bits per heavy atom. The predicted octanol–water partition coefficient (Wildman–Crippen LogP) is 4.94. The SMILES string of the molecule is CCc1cccc(CC)c1NC(=O)c1cc(S(=O)(=O)N2CCCCC2C)ccc1C. The van der Waals surface area contributed by atoms with Crippen LogP contribution in [0.15, 0.2) is 41.3 Å². The Morgan fingerprint density at radius 3 is 2.37 bits per heavy atom. The molecule has 0 bridgehead atoms. The second-order valence-corrected chi connectivity index (χ2v) is 9.94. The van der Waals surface area contributed by atoms with E-state index in [1.54, 1.807) is 16.4 Å². The second-order valence-electron chi connectivity index (χ2n) is 8.05. The van der Waals surface area contributed by atoms with E-state index in [0.717, 1.165) is 54.5 Å². The molecule has 1 unspecified atom stereocenters. The van der Waals surface area contributed by atoms with Crippen LogP contribution in [0.3, 0.4) is 0 Å². The Kier molecular flexibility index (Phi) is 6.98. The zero-order valence-electron chi connectivity index (χ0n) is 18.4. The molecule has 0 radical (unpaired) electrons. The van der Waals surface area contributed by atoms with Crippen molar-refractivity contribution in [3.8, 4) is 0 Å². The molecule has 0 spiro atoms. The Bertz CT molecular complexity index is 1010. The molecule has 1 aliphatic rings. The van der Waals surface area contributed by atoms with E-state index < -0.39 is 10.0 Å². The van der Waals surface area contributed by atoms with Gasteiger partial charge in [-0.2, -0.15) is 4.31 Å². The molecular formula is C24H32N2O3S. The van der Waals surface area contributed by atoms with Gasteiger partial charge in [-0.1, -0.05) is 44.5 Å². The van der Waals surface area contributed by atoms with Crippen LogP contribution in [-0.4, -0.2) is 31.2 Å². The maximum absolute atomic E-state index is 13.2. The zero-order chi connectivity index (χ0) is 21.9. The highest BCUT2D eigenvalue weighted by Gasteiger charge is 2.31. The van der Waals surface area contributed by atoms with Gasteiger partial charge in [0.2, 0.25) is 10.0 Å². The van der Waals surface area contributed by atoms with Crippen molar-refractivity contribution in [2.75, 3.05) is 11.9 Å². The summed E-state index contributed by atoms with van der Waals surface area (Å²) in [5.74, 6) is -0.271. The van der Waals surface area contributed by atoms with E-state index in [2.05, 4.69) is 19.2 Å². The first-order valence-corrected chi connectivity index (χ1v) is 12.3. The van der Waals surface area contributed by atoms with Crippen molar-refractivity contribution < 1.29 is 13.2 Å². The van der Waals surface area contributed by atoms with Crippen LogP contribution >= 0.6 is 0 Å². The number of hydrogen-bond acceptors (Lipinski definition) is 3. The average Bonchev–Trinajstić information content (AvgIpc) is 2.74. The standard InChI is InChI=1S/C24H32N2O3S/c1-5-19-11-9-12-20(6-2)23(19)25-24(27)22-16-21(14-13-17(22)3)30(28,29)26-15-8-7-10-18(26)4/h9,11-14,16,18H,5-8,10,15H2,1-4H3,(H,25,27). The highest BCUT2D eigenvalue weighted by molar-refractivity contribution is 7.89. The Hall–Kier alpha value is -2.18. The summed E-state index contributed by atoms with van der Waals surface area (Å²) >= 11 is 0. The van der Waals surface area contributed by atoms with Crippen molar-refractivity contribution in [3.05, 3.63) is 58.7 Å². The predicted molar refractivity (Wildman–Crippen MR) is 122 cm³/mol. The number of nitrogens with zero attached hydrogens (tertiary/aromatic N) is 1. The fraction of sp³-hybridized carbons (Fsp3) is 0.458. The van der Waals surface area contributed by atoms with Crippen molar-refractivity contribution in [1.82, 2.24) is 4.31 Å². The average molecular weight is 429 g/mol. The van der Waals surface area contributed by atoms with Gasteiger partial charge in [-0.15, -0.1) is 0 Å². The van der Waals surface area contributed by atoms with Crippen LogP contribution in [-0.2, 0) is 22.9 Å². The number of nitrogens with one attached hydrogen (secondary N) is 1. The first-order valence-electron chi connectivity index (χ1n) is 10.8. The van der Waals surface area contributed by atoms with Crippen molar-refractivity contribution >= 4 is 21.6 Å². The minimum atomic E-state index is -3.63. The van der Waals surface area contributed by atoms with Crippen LogP contribution in [0, 0.1) is 6.92 Å². The van der Waals surface area contributed by atoms with Gasteiger partial charge in [-0.25, -0.2) is 8.42 Å². The third-order valence-electron chi connectivity index (χ3n) is 6.04. The van der Waals surface area contributed by atoms with Gasteiger partial charge in [-0.05, 0) is 68.4 Å². The van der Waals surface area contributed by atoms with Crippen LogP contribution in [0.4, 0.5) is 5.69 Å². The molecule has 1 atom stereocenters. The number of carbonyl (C=O) groups is 1. The third kappa shape index (κ3) is 4.44. The molecule has 6 heteroatoms. The summed E-state index contributed by atoms with van der Waals surface area (Å²) in [5.41, 5.74) is 4.14. The summed E-state index contributed by atoms with van der Waals surface area (Å²) in [6.45, 7) is 8.43. The number of piperidine rings is 1. The summed E-state index contributed by atoms with van der Waals surface area (Å²) in [4.78, 5) is 13.4. The molecule has 2 aromatic rings. The molecule has 1 aliphatic heterocycles. The molecule has 1 amide bonds. The lowest BCUT2D eigenvalue weighted by Crippen LogP contribution is -2.42. The lowest BCUT2D eigenvalue weighted by Gasteiger charge is -2.32. The fourth-order valence-corrected chi connectivity index (χ4v) is 5.88. The van der Waals surface area contributed by atoms with E-state index >= 15 is 0 Å². The van der Waals surface area contributed by atoms with E-state index in [1.165, 1.54) is 6.07 Å². The monoisotopic (exact) mass is 428 g/mol. The van der Waals surface area contributed by atoms with Gasteiger partial charge in [0.1, 0.15) is 0 Å². The topological polar surface area (TPSA) is 66.5 Å². The molecule has 0 aromatic heterocycles. The van der Waals surface area contributed by atoms with Gasteiger partial charge in [-0.3, -0.25) is 4.79 Å². The van der Waals surface area contributed by atoms with Crippen LogP contribution in [0.5, 0.6) is 0 Å². The van der Waals surface area contributed by atoms with Gasteiger partial charge in [0.15, 0.2) is 0 Å². The smallest absolute Gasteiger partial charge is 0.255 e. The molecule has 0 aliphatic carbocycles. The first-order chi connectivity index (χ1) is 14.3. The molecule has 1 saturated heterocycles. The zero-order valence-corrected chi connectivity index (χ0v) is 19.2. The first kappa shape index (κ1) is 22.5. The van der Waals surface area contributed by atoms with Gasteiger partial charge >= 0.3 is 0 Å². The minimum absolute atomic E-state index is 0.0223. The molecule has 5 nitrogen and oxygen atoms in total. The molecule has 0 saturated carbocycles. The summed E-state index contributed by atoms with van der Waals surface area (Å²) in [5, 5.41) is 3.06. The van der Waals surface area contributed by atoms with Crippen molar-refractivity contribution in [2.45, 2.75) is 70.7 Å². The normalized spacial score (nSPS) is 17.7. The van der Waals surface area contributed by atoms with Gasteiger partial charge < -0.3 is 5.32 Å². The highest BCUT2D eigenvalue weighted by atomic mass is 32.2. The number of aryl methyl sites for hydroxylation is 3. The lowest BCUT2D eigenvalue weighted by atomic mass is 10.0. The van der Waals surface area contributed by atoms with Crippen molar-refractivity contribution in [3.63, 3.8) is 0 Å². The molecular weight excluding hydrogens is 396 g/mol. The largest absolute Gasteiger partial charge is 0.321 e. The molecule has 1 N–H and O–H groups in total. The van der Waals surface area contributed by atoms with E-state index in [1.807, 2.05) is 32.0 Å². The maximum atomic E-state index is 13.2. The fourth-order valence-electron chi connectivity index (χ4n) is 4.15. The molecule has 1 fully saturated rings. The third-order valence-corrected chi connectivity index (χ3v) is 8.05. The van der Waals surface area contributed by atoms with Gasteiger partial charge in [0, 0.05) is 23.8 Å². The number of amides is 1. The molecule has 162 valence electrons. The highest BCUT2D eigenvalue weighted by Crippen LogP contribution is 2.28. The number of benzene rings is 2. The van der Waals surface area contributed by atoms with Crippen molar-refractivity contribution in [1.29, 1.82) is 0 Å². The van der Waals surface area contributed by atoms with E-state index in [9.17, 15) is 13.2 Å². The van der Waals surface area contributed by atoms with Gasteiger partial charge in [0.05, 0.1) is 4.90 Å². The quantitative estimate of drug-likeness (QED) is 0.709. The Labute approximate surface area is 180 Å². The van der Waals surface area contributed by atoms with E-state index in [-0.39, 0.29) is 16.8 Å². The number of anilines is 1. The molecule has 30 heavy (non-hydrogen) atoms. The van der Waals surface area contributed by atoms with Crippen LogP contribution < -0.4 is 5.32 Å².